The summed E-state index contributed by atoms with van der Waals surface area (Å²) >= 11 is 6.54. The number of halogens is 1. The number of carbonyl (C=O) groups excluding carboxylic acids is 2. The van der Waals surface area contributed by atoms with Crippen LogP contribution in [0.3, 0.4) is 0 Å². The molecular formula is C27H28ClN3O3. The molecule has 1 saturated heterocycles. The maximum Gasteiger partial charge on any atom is 0.262 e. The molecule has 7 heteroatoms. The average molecular weight is 478 g/mol. The van der Waals surface area contributed by atoms with E-state index in [1.807, 2.05) is 79.4 Å². The minimum Gasteiger partial charge on any atom is -0.484 e. The Bertz CT molecular complexity index is 1170. The van der Waals surface area contributed by atoms with Crippen LogP contribution in [0.2, 0.25) is 5.02 Å². The van der Waals surface area contributed by atoms with Crippen molar-refractivity contribution in [3.05, 3.63) is 88.4 Å². The molecule has 3 aromatic rings. The van der Waals surface area contributed by atoms with Crippen molar-refractivity contribution < 1.29 is 14.3 Å². The van der Waals surface area contributed by atoms with Crippen molar-refractivity contribution in [2.75, 3.05) is 43.0 Å². The summed E-state index contributed by atoms with van der Waals surface area (Å²) < 4.78 is 5.53. The zero-order valence-electron chi connectivity index (χ0n) is 19.4. The quantitative estimate of drug-likeness (QED) is 0.546. The van der Waals surface area contributed by atoms with Crippen LogP contribution in [0, 0.1) is 13.8 Å². The Morgan fingerprint density at radius 3 is 2.32 bits per heavy atom. The molecule has 1 N–H and O–H groups in total. The van der Waals surface area contributed by atoms with Crippen LogP contribution in [0.5, 0.6) is 5.75 Å². The fraction of sp³-hybridized carbons (Fsp3) is 0.259. The number of rotatable bonds is 6. The molecule has 0 atom stereocenters. The van der Waals surface area contributed by atoms with Crippen molar-refractivity contribution in [2.45, 2.75) is 13.8 Å². The van der Waals surface area contributed by atoms with Gasteiger partial charge in [-0.25, -0.2) is 0 Å². The Balaban J connectivity index is 1.31. The van der Waals surface area contributed by atoms with E-state index in [4.69, 9.17) is 16.3 Å². The van der Waals surface area contributed by atoms with E-state index < -0.39 is 0 Å². The first-order valence-electron chi connectivity index (χ1n) is 11.3. The van der Waals surface area contributed by atoms with Gasteiger partial charge in [0.25, 0.3) is 11.8 Å². The van der Waals surface area contributed by atoms with Crippen molar-refractivity contribution in [3.8, 4) is 5.75 Å². The number of nitrogens with zero attached hydrogens (tertiary/aromatic N) is 2. The van der Waals surface area contributed by atoms with Crippen molar-refractivity contribution in [2.24, 2.45) is 0 Å². The van der Waals surface area contributed by atoms with E-state index in [0.29, 0.717) is 42.6 Å². The highest BCUT2D eigenvalue weighted by molar-refractivity contribution is 6.33. The van der Waals surface area contributed by atoms with Crippen molar-refractivity contribution in [3.63, 3.8) is 0 Å². The van der Waals surface area contributed by atoms with Gasteiger partial charge in [0.1, 0.15) is 5.75 Å². The number of hydrogen-bond acceptors (Lipinski definition) is 4. The molecular weight excluding hydrogens is 450 g/mol. The van der Waals surface area contributed by atoms with Gasteiger partial charge in [0.15, 0.2) is 6.61 Å². The lowest BCUT2D eigenvalue weighted by molar-refractivity contribution is -0.118. The maximum absolute atomic E-state index is 12.9. The summed E-state index contributed by atoms with van der Waals surface area (Å²) in [6, 6.07) is 20.7. The van der Waals surface area contributed by atoms with Gasteiger partial charge in [-0.15, -0.1) is 0 Å². The predicted octanol–water partition coefficient (Wildman–Crippen LogP) is 4.94. The lowest BCUT2D eigenvalue weighted by Gasteiger charge is -2.36. The maximum atomic E-state index is 12.9. The third-order valence-corrected chi connectivity index (χ3v) is 6.21. The van der Waals surface area contributed by atoms with Crippen molar-refractivity contribution >= 4 is 34.8 Å². The lowest BCUT2D eigenvalue weighted by Crippen LogP contribution is -2.49. The Morgan fingerprint density at radius 1 is 0.941 bits per heavy atom. The number of aryl methyl sites for hydroxylation is 2. The number of piperazine rings is 1. The summed E-state index contributed by atoms with van der Waals surface area (Å²) in [6.07, 6.45) is 0. The molecule has 1 aliphatic heterocycles. The van der Waals surface area contributed by atoms with E-state index in [9.17, 15) is 9.59 Å². The predicted molar refractivity (Wildman–Crippen MR) is 136 cm³/mol. The lowest BCUT2D eigenvalue weighted by atomic mass is 10.1. The number of nitrogens with one attached hydrogen (secondary N) is 1. The van der Waals surface area contributed by atoms with Crippen LogP contribution in [0.1, 0.15) is 21.5 Å². The van der Waals surface area contributed by atoms with Crippen LogP contribution in [-0.2, 0) is 4.79 Å². The van der Waals surface area contributed by atoms with Gasteiger partial charge in [-0.2, -0.15) is 0 Å². The molecule has 176 valence electrons. The van der Waals surface area contributed by atoms with Gasteiger partial charge in [-0.1, -0.05) is 47.5 Å². The van der Waals surface area contributed by atoms with Crippen molar-refractivity contribution in [1.82, 2.24) is 4.90 Å². The monoisotopic (exact) mass is 477 g/mol. The van der Waals surface area contributed by atoms with Gasteiger partial charge in [-0.05, 0) is 55.8 Å². The van der Waals surface area contributed by atoms with Crippen molar-refractivity contribution in [1.29, 1.82) is 0 Å². The number of hydrogen-bond donors (Lipinski definition) is 1. The van der Waals surface area contributed by atoms with Gasteiger partial charge >= 0.3 is 0 Å². The summed E-state index contributed by atoms with van der Waals surface area (Å²) in [6.45, 7) is 6.49. The van der Waals surface area contributed by atoms with Crippen LogP contribution in [-0.4, -0.2) is 49.5 Å². The van der Waals surface area contributed by atoms with Crippen LogP contribution in [0.25, 0.3) is 0 Å². The fourth-order valence-corrected chi connectivity index (χ4v) is 4.26. The van der Waals surface area contributed by atoms with Gasteiger partial charge in [0, 0.05) is 37.4 Å². The molecule has 1 fully saturated rings. The van der Waals surface area contributed by atoms with Crippen LogP contribution in [0.4, 0.5) is 11.4 Å². The zero-order valence-corrected chi connectivity index (χ0v) is 20.1. The molecule has 0 spiro atoms. The van der Waals surface area contributed by atoms with E-state index in [-0.39, 0.29) is 18.4 Å². The zero-order chi connectivity index (χ0) is 24.1. The largest absolute Gasteiger partial charge is 0.484 e. The second kappa shape index (κ2) is 10.6. The normalized spacial score (nSPS) is 13.5. The first-order chi connectivity index (χ1) is 16.4. The summed E-state index contributed by atoms with van der Waals surface area (Å²) in [5.74, 6) is 0.455. The number of benzene rings is 3. The third-order valence-electron chi connectivity index (χ3n) is 5.91. The second-order valence-corrected chi connectivity index (χ2v) is 8.82. The second-order valence-electron chi connectivity index (χ2n) is 8.41. The molecule has 0 aliphatic carbocycles. The Morgan fingerprint density at radius 2 is 1.65 bits per heavy atom. The SMILES string of the molecule is Cc1ccc(OCC(=O)Nc2ccc(N3CCN(C(=O)c4ccccc4C)CC3)c(Cl)c2)cc1. The molecule has 34 heavy (non-hydrogen) atoms. The van der Waals surface area contributed by atoms with Gasteiger partial charge in [0.2, 0.25) is 0 Å². The van der Waals surface area contributed by atoms with Gasteiger partial charge in [-0.3, -0.25) is 9.59 Å². The molecule has 0 saturated carbocycles. The van der Waals surface area contributed by atoms with E-state index in [1.165, 1.54) is 0 Å². The van der Waals surface area contributed by atoms with Crippen LogP contribution >= 0.6 is 11.6 Å². The molecule has 3 aromatic carbocycles. The molecule has 1 aliphatic rings. The van der Waals surface area contributed by atoms with E-state index in [0.717, 1.165) is 22.4 Å². The number of amides is 2. The topological polar surface area (TPSA) is 61.9 Å². The highest BCUT2D eigenvalue weighted by Gasteiger charge is 2.24. The van der Waals surface area contributed by atoms with Crippen LogP contribution < -0.4 is 15.0 Å². The number of ether oxygens (including phenoxy) is 1. The smallest absolute Gasteiger partial charge is 0.262 e. The molecule has 4 rings (SSSR count). The number of carbonyl (C=O) groups is 2. The molecule has 0 aromatic heterocycles. The average Bonchev–Trinajstić information content (AvgIpc) is 2.84. The number of anilines is 2. The molecule has 1 heterocycles. The van der Waals surface area contributed by atoms with E-state index >= 15 is 0 Å². The van der Waals surface area contributed by atoms with Gasteiger partial charge < -0.3 is 19.9 Å². The summed E-state index contributed by atoms with van der Waals surface area (Å²) in [5, 5.41) is 3.37. The molecule has 0 unspecified atom stereocenters. The first-order valence-corrected chi connectivity index (χ1v) is 11.7. The highest BCUT2D eigenvalue weighted by Crippen LogP contribution is 2.30. The summed E-state index contributed by atoms with van der Waals surface area (Å²) in [5.41, 5.74) is 4.37. The standard InChI is InChI=1S/C27H28ClN3O3/c1-19-7-10-22(11-8-19)34-18-26(32)29-21-9-12-25(24(28)17-21)30-13-15-31(16-14-30)27(33)23-6-4-3-5-20(23)2/h3-12,17H,13-16,18H2,1-2H3,(H,29,32). The highest BCUT2D eigenvalue weighted by atomic mass is 35.5. The molecule has 0 radical (unpaired) electrons. The van der Waals surface area contributed by atoms with E-state index in [2.05, 4.69) is 10.2 Å². The minimum atomic E-state index is -0.257. The Kier molecular flexibility index (Phi) is 7.38. The third kappa shape index (κ3) is 5.69. The molecule has 6 nitrogen and oxygen atoms in total. The Hall–Kier alpha value is -3.51. The minimum absolute atomic E-state index is 0.0646. The Labute approximate surface area is 205 Å². The van der Waals surface area contributed by atoms with Gasteiger partial charge in [0.05, 0.1) is 10.7 Å². The fourth-order valence-electron chi connectivity index (χ4n) is 3.96. The summed E-state index contributed by atoms with van der Waals surface area (Å²) in [4.78, 5) is 29.2. The molecule has 0 bridgehead atoms. The summed E-state index contributed by atoms with van der Waals surface area (Å²) in [7, 11) is 0. The van der Waals surface area contributed by atoms with Crippen LogP contribution in [0.15, 0.2) is 66.7 Å². The molecule has 2 amide bonds. The first kappa shape index (κ1) is 23.6. The van der Waals surface area contributed by atoms with E-state index in [1.54, 1.807) is 6.07 Å².